The van der Waals surface area contributed by atoms with Gasteiger partial charge >= 0.3 is 0 Å². The Morgan fingerprint density at radius 3 is 2.09 bits per heavy atom. The zero-order chi connectivity index (χ0) is 15.6. The van der Waals surface area contributed by atoms with E-state index < -0.39 is 15.8 Å². The molecule has 2 aromatic rings. The number of benzene rings is 1. The minimum atomic E-state index is -3.56. The van der Waals surface area contributed by atoms with Gasteiger partial charge in [-0.3, -0.25) is 4.98 Å². The summed E-state index contributed by atoms with van der Waals surface area (Å²) in [5.74, 6) is -0.443. The molecule has 22 heavy (non-hydrogen) atoms. The van der Waals surface area contributed by atoms with Crippen LogP contribution in [-0.4, -0.2) is 43.9 Å². The molecule has 3 rings (SSSR count). The first kappa shape index (κ1) is 14.9. The average Bonchev–Trinajstić information content (AvgIpc) is 2.56. The first-order valence-corrected chi connectivity index (χ1v) is 8.42. The first-order chi connectivity index (χ1) is 10.6. The molecule has 0 atom stereocenters. The van der Waals surface area contributed by atoms with Crippen molar-refractivity contribution in [2.24, 2.45) is 0 Å². The largest absolute Gasteiger partial charge is 0.369 e. The molecule has 1 fully saturated rings. The molecule has 1 aromatic heterocycles. The molecule has 0 aliphatic carbocycles. The van der Waals surface area contributed by atoms with E-state index in [9.17, 15) is 12.8 Å². The van der Waals surface area contributed by atoms with Gasteiger partial charge in [0.2, 0.25) is 10.0 Å². The van der Waals surface area contributed by atoms with E-state index in [-0.39, 0.29) is 4.90 Å². The molecule has 0 unspecified atom stereocenters. The van der Waals surface area contributed by atoms with Gasteiger partial charge in [0, 0.05) is 44.3 Å². The summed E-state index contributed by atoms with van der Waals surface area (Å²) in [5, 5.41) is 0. The van der Waals surface area contributed by atoms with Gasteiger partial charge in [-0.05, 0) is 36.4 Å². The molecular weight excluding hydrogens is 305 g/mol. The number of hydrogen-bond acceptors (Lipinski definition) is 4. The van der Waals surface area contributed by atoms with Crippen LogP contribution in [-0.2, 0) is 10.0 Å². The van der Waals surface area contributed by atoms with Crippen LogP contribution >= 0.6 is 0 Å². The minimum absolute atomic E-state index is 0.131. The number of piperazine rings is 1. The van der Waals surface area contributed by atoms with Crippen molar-refractivity contribution < 1.29 is 12.8 Å². The first-order valence-electron chi connectivity index (χ1n) is 6.98. The lowest BCUT2D eigenvalue weighted by Gasteiger charge is -2.35. The highest BCUT2D eigenvalue weighted by Gasteiger charge is 2.28. The van der Waals surface area contributed by atoms with Gasteiger partial charge in [0.15, 0.2) is 0 Å². The second-order valence-corrected chi connectivity index (χ2v) is 6.99. The van der Waals surface area contributed by atoms with Crippen molar-refractivity contribution in [1.82, 2.24) is 9.29 Å². The standard InChI is InChI=1S/C15H16FN3O2S/c16-13-1-3-15(4-2-13)22(20,21)19-11-9-18(10-12-19)14-5-7-17-8-6-14/h1-8H,9-12H2. The SMILES string of the molecule is O=S(=O)(c1ccc(F)cc1)N1CCN(c2ccncc2)CC1. The lowest BCUT2D eigenvalue weighted by atomic mass is 10.3. The van der Waals surface area contributed by atoms with Crippen LogP contribution in [0.3, 0.4) is 0 Å². The van der Waals surface area contributed by atoms with Crippen LogP contribution in [0.15, 0.2) is 53.7 Å². The van der Waals surface area contributed by atoms with E-state index in [2.05, 4.69) is 9.88 Å². The zero-order valence-electron chi connectivity index (χ0n) is 11.9. The van der Waals surface area contributed by atoms with E-state index in [1.807, 2.05) is 12.1 Å². The summed E-state index contributed by atoms with van der Waals surface area (Å²) >= 11 is 0. The van der Waals surface area contributed by atoms with Gasteiger partial charge in [-0.2, -0.15) is 4.31 Å². The van der Waals surface area contributed by atoms with Crippen LogP contribution in [0.2, 0.25) is 0 Å². The highest BCUT2D eigenvalue weighted by Crippen LogP contribution is 2.20. The smallest absolute Gasteiger partial charge is 0.243 e. The third kappa shape index (κ3) is 2.95. The lowest BCUT2D eigenvalue weighted by molar-refractivity contribution is 0.385. The van der Waals surface area contributed by atoms with Crippen molar-refractivity contribution in [3.05, 3.63) is 54.6 Å². The molecule has 1 aromatic carbocycles. The molecule has 0 bridgehead atoms. The molecule has 1 aliphatic heterocycles. The van der Waals surface area contributed by atoms with Gasteiger partial charge < -0.3 is 4.90 Å². The molecule has 1 saturated heterocycles. The molecule has 0 radical (unpaired) electrons. The Morgan fingerprint density at radius 2 is 1.50 bits per heavy atom. The van der Waals surface area contributed by atoms with E-state index in [4.69, 9.17) is 0 Å². The maximum atomic E-state index is 12.9. The summed E-state index contributed by atoms with van der Waals surface area (Å²) in [4.78, 5) is 6.23. The second-order valence-electron chi connectivity index (χ2n) is 5.05. The lowest BCUT2D eigenvalue weighted by Crippen LogP contribution is -2.48. The third-order valence-electron chi connectivity index (χ3n) is 3.72. The fourth-order valence-corrected chi connectivity index (χ4v) is 3.92. The summed E-state index contributed by atoms with van der Waals surface area (Å²) in [6.45, 7) is 2.04. The molecule has 2 heterocycles. The van der Waals surface area contributed by atoms with Crippen molar-refractivity contribution in [3.63, 3.8) is 0 Å². The van der Waals surface area contributed by atoms with Gasteiger partial charge in [0.25, 0.3) is 0 Å². The monoisotopic (exact) mass is 321 g/mol. The maximum absolute atomic E-state index is 12.9. The van der Waals surface area contributed by atoms with Crippen LogP contribution in [0, 0.1) is 5.82 Å². The Labute approximate surface area is 129 Å². The number of aromatic nitrogens is 1. The molecule has 1 aliphatic rings. The molecule has 5 nitrogen and oxygen atoms in total. The summed E-state index contributed by atoms with van der Waals surface area (Å²) < 4.78 is 39.4. The Bertz CT molecular complexity index is 727. The summed E-state index contributed by atoms with van der Waals surface area (Å²) in [7, 11) is -3.56. The normalized spacial score (nSPS) is 16.7. The number of pyridine rings is 1. The summed E-state index contributed by atoms with van der Waals surface area (Å²) in [5.41, 5.74) is 1.04. The van der Waals surface area contributed by atoms with Crippen molar-refractivity contribution in [2.45, 2.75) is 4.90 Å². The van der Waals surface area contributed by atoms with Crippen molar-refractivity contribution in [1.29, 1.82) is 0 Å². The minimum Gasteiger partial charge on any atom is -0.369 e. The van der Waals surface area contributed by atoms with Crippen LogP contribution in [0.4, 0.5) is 10.1 Å². The highest BCUT2D eigenvalue weighted by atomic mass is 32.2. The van der Waals surface area contributed by atoms with Gasteiger partial charge in [-0.25, -0.2) is 12.8 Å². The number of rotatable bonds is 3. The molecule has 0 spiro atoms. The Morgan fingerprint density at radius 1 is 0.909 bits per heavy atom. The maximum Gasteiger partial charge on any atom is 0.243 e. The molecule has 116 valence electrons. The van der Waals surface area contributed by atoms with Gasteiger partial charge in [-0.1, -0.05) is 0 Å². The number of halogens is 1. The van der Waals surface area contributed by atoms with E-state index in [0.717, 1.165) is 5.69 Å². The zero-order valence-corrected chi connectivity index (χ0v) is 12.7. The predicted molar refractivity (Wildman–Crippen MR) is 81.6 cm³/mol. The van der Waals surface area contributed by atoms with Gasteiger partial charge in [0.1, 0.15) is 5.82 Å². The highest BCUT2D eigenvalue weighted by molar-refractivity contribution is 7.89. The van der Waals surface area contributed by atoms with Crippen LogP contribution in [0.25, 0.3) is 0 Å². The Kier molecular flexibility index (Phi) is 4.08. The number of anilines is 1. The number of hydrogen-bond donors (Lipinski definition) is 0. The van der Waals surface area contributed by atoms with Crippen LogP contribution in [0.5, 0.6) is 0 Å². The van der Waals surface area contributed by atoms with Gasteiger partial charge in [0.05, 0.1) is 4.90 Å². The number of sulfonamides is 1. The molecule has 0 saturated carbocycles. The molecule has 0 N–H and O–H groups in total. The van der Waals surface area contributed by atoms with Crippen molar-refractivity contribution in [3.8, 4) is 0 Å². The van der Waals surface area contributed by atoms with E-state index >= 15 is 0 Å². The van der Waals surface area contributed by atoms with Crippen molar-refractivity contribution >= 4 is 15.7 Å². The second kappa shape index (κ2) is 6.02. The Hall–Kier alpha value is -1.99. The molecule has 7 heteroatoms. The summed E-state index contributed by atoms with van der Waals surface area (Å²) in [6, 6.07) is 8.76. The number of nitrogens with zero attached hydrogens (tertiary/aromatic N) is 3. The van der Waals surface area contributed by atoms with E-state index in [1.54, 1.807) is 12.4 Å². The topological polar surface area (TPSA) is 53.5 Å². The van der Waals surface area contributed by atoms with Crippen LogP contribution in [0.1, 0.15) is 0 Å². The average molecular weight is 321 g/mol. The fourth-order valence-electron chi connectivity index (χ4n) is 2.50. The van der Waals surface area contributed by atoms with E-state index in [0.29, 0.717) is 26.2 Å². The fraction of sp³-hybridized carbons (Fsp3) is 0.267. The van der Waals surface area contributed by atoms with E-state index in [1.165, 1.54) is 28.6 Å². The Balaban J connectivity index is 1.72. The third-order valence-corrected chi connectivity index (χ3v) is 5.63. The molecule has 0 amide bonds. The van der Waals surface area contributed by atoms with Gasteiger partial charge in [-0.15, -0.1) is 0 Å². The van der Waals surface area contributed by atoms with Crippen LogP contribution < -0.4 is 4.90 Å². The molecular formula is C15H16FN3O2S. The predicted octanol–water partition coefficient (Wildman–Crippen LogP) is 1.73. The summed E-state index contributed by atoms with van der Waals surface area (Å²) in [6.07, 6.45) is 3.44. The quantitative estimate of drug-likeness (QED) is 0.864. The van der Waals surface area contributed by atoms with Crippen molar-refractivity contribution in [2.75, 3.05) is 31.1 Å².